The van der Waals surface area contributed by atoms with Gasteiger partial charge in [0.25, 0.3) is 0 Å². The largest absolute Gasteiger partial charge is 0.398 e. The topological polar surface area (TPSA) is 104 Å². The molecule has 1 fully saturated rings. The SMILES string of the molecule is Nc1ccccc1S(=O)(=O)NCCCN1CCN(c2ncccn2)CC1. The molecule has 8 nitrogen and oxygen atoms in total. The van der Waals surface area contributed by atoms with Crippen LogP contribution in [0.3, 0.4) is 0 Å². The standard InChI is InChI=1S/C17H24N6O2S/c18-15-5-1-2-6-16(15)26(24,25)21-9-4-10-22-11-13-23(14-12-22)17-19-7-3-8-20-17/h1-3,5-8,21H,4,9-14,18H2. The van der Waals surface area contributed by atoms with Gasteiger partial charge in [0.1, 0.15) is 4.90 Å². The second-order valence-corrected chi connectivity index (χ2v) is 7.90. The number of rotatable bonds is 7. The van der Waals surface area contributed by atoms with Crippen LogP contribution in [0, 0.1) is 0 Å². The Morgan fingerprint density at radius 3 is 2.42 bits per heavy atom. The van der Waals surface area contributed by atoms with Crippen LogP contribution in [0.25, 0.3) is 0 Å². The number of hydrogen-bond donors (Lipinski definition) is 2. The molecule has 140 valence electrons. The summed E-state index contributed by atoms with van der Waals surface area (Å²) in [5.41, 5.74) is 6.01. The fourth-order valence-electron chi connectivity index (χ4n) is 2.94. The van der Waals surface area contributed by atoms with Crippen molar-refractivity contribution in [2.45, 2.75) is 11.3 Å². The second-order valence-electron chi connectivity index (χ2n) is 6.17. The third-order valence-corrected chi connectivity index (χ3v) is 5.89. The minimum Gasteiger partial charge on any atom is -0.398 e. The first-order chi connectivity index (χ1) is 12.6. The molecule has 1 aromatic heterocycles. The van der Waals surface area contributed by atoms with E-state index in [2.05, 4.69) is 24.5 Å². The van der Waals surface area contributed by atoms with Crippen LogP contribution in [0.1, 0.15) is 6.42 Å². The molecule has 0 spiro atoms. The fraction of sp³-hybridized carbons (Fsp3) is 0.412. The highest BCUT2D eigenvalue weighted by Gasteiger charge is 2.19. The predicted molar refractivity (Wildman–Crippen MR) is 101 cm³/mol. The van der Waals surface area contributed by atoms with Gasteiger partial charge in [-0.1, -0.05) is 12.1 Å². The Hall–Kier alpha value is -2.23. The molecule has 0 unspecified atom stereocenters. The second kappa shape index (κ2) is 8.43. The van der Waals surface area contributed by atoms with Crippen LogP contribution in [0.5, 0.6) is 0 Å². The number of para-hydroxylation sites is 1. The number of piperazine rings is 1. The average Bonchev–Trinajstić information content (AvgIpc) is 2.67. The monoisotopic (exact) mass is 376 g/mol. The minimum atomic E-state index is -3.56. The quantitative estimate of drug-likeness (QED) is 0.537. The third-order valence-electron chi connectivity index (χ3n) is 4.36. The summed E-state index contributed by atoms with van der Waals surface area (Å²) < 4.78 is 27.2. The Bertz CT molecular complexity index is 807. The fourth-order valence-corrected chi connectivity index (χ4v) is 4.14. The number of nitrogens with zero attached hydrogens (tertiary/aromatic N) is 4. The molecule has 1 aliphatic rings. The lowest BCUT2D eigenvalue weighted by molar-refractivity contribution is 0.254. The first-order valence-corrected chi connectivity index (χ1v) is 10.1. The maximum Gasteiger partial charge on any atom is 0.242 e. The van der Waals surface area contributed by atoms with Crippen LogP contribution < -0.4 is 15.4 Å². The summed E-state index contributed by atoms with van der Waals surface area (Å²) in [6.45, 7) is 4.80. The molecular weight excluding hydrogens is 352 g/mol. The van der Waals surface area contributed by atoms with Gasteiger partial charge in [0, 0.05) is 45.1 Å². The number of aromatic nitrogens is 2. The van der Waals surface area contributed by atoms with Gasteiger partial charge in [-0.3, -0.25) is 4.90 Å². The zero-order valence-corrected chi connectivity index (χ0v) is 15.4. The zero-order chi connectivity index (χ0) is 18.4. The van der Waals surface area contributed by atoms with Crippen molar-refractivity contribution in [3.05, 3.63) is 42.7 Å². The molecule has 3 N–H and O–H groups in total. The van der Waals surface area contributed by atoms with Crippen molar-refractivity contribution >= 4 is 21.7 Å². The first-order valence-electron chi connectivity index (χ1n) is 8.65. The number of nitrogens with one attached hydrogen (secondary N) is 1. The summed E-state index contributed by atoms with van der Waals surface area (Å²) in [6, 6.07) is 8.30. The number of hydrogen-bond acceptors (Lipinski definition) is 7. The van der Waals surface area contributed by atoms with Crippen LogP contribution in [0.15, 0.2) is 47.6 Å². The van der Waals surface area contributed by atoms with Crippen molar-refractivity contribution < 1.29 is 8.42 Å². The van der Waals surface area contributed by atoms with Crippen molar-refractivity contribution in [2.75, 3.05) is 49.9 Å². The van der Waals surface area contributed by atoms with Crippen LogP contribution >= 0.6 is 0 Å². The highest BCUT2D eigenvalue weighted by Crippen LogP contribution is 2.16. The molecule has 26 heavy (non-hydrogen) atoms. The molecule has 9 heteroatoms. The number of nitrogen functional groups attached to an aromatic ring is 1. The van der Waals surface area contributed by atoms with Crippen molar-refractivity contribution in [1.82, 2.24) is 19.6 Å². The van der Waals surface area contributed by atoms with Crippen molar-refractivity contribution in [2.24, 2.45) is 0 Å². The number of anilines is 2. The van der Waals surface area contributed by atoms with Gasteiger partial charge in [-0.05, 0) is 31.2 Å². The Kier molecular flexibility index (Phi) is 6.02. The van der Waals surface area contributed by atoms with E-state index in [1.165, 1.54) is 6.07 Å². The van der Waals surface area contributed by atoms with Gasteiger partial charge in [-0.15, -0.1) is 0 Å². The third kappa shape index (κ3) is 4.69. The van der Waals surface area contributed by atoms with Gasteiger partial charge in [0.2, 0.25) is 16.0 Å². The van der Waals surface area contributed by atoms with E-state index in [0.29, 0.717) is 6.54 Å². The molecule has 1 aliphatic heterocycles. The summed E-state index contributed by atoms with van der Waals surface area (Å²) in [4.78, 5) is 13.2. The lowest BCUT2D eigenvalue weighted by Gasteiger charge is -2.34. The van der Waals surface area contributed by atoms with E-state index >= 15 is 0 Å². The number of benzene rings is 1. The maximum absolute atomic E-state index is 12.3. The van der Waals surface area contributed by atoms with E-state index in [-0.39, 0.29) is 10.6 Å². The van der Waals surface area contributed by atoms with Gasteiger partial charge >= 0.3 is 0 Å². The molecule has 1 aromatic carbocycles. The van der Waals surface area contributed by atoms with E-state index < -0.39 is 10.0 Å². The Balaban J connectivity index is 1.40. The molecular formula is C17H24N6O2S. The van der Waals surface area contributed by atoms with Crippen LogP contribution in [-0.2, 0) is 10.0 Å². The van der Waals surface area contributed by atoms with Crippen LogP contribution in [-0.4, -0.2) is 62.6 Å². The molecule has 1 saturated heterocycles. The summed E-state index contributed by atoms with van der Waals surface area (Å²) in [5.74, 6) is 0.764. The summed E-state index contributed by atoms with van der Waals surface area (Å²) in [7, 11) is -3.56. The molecule has 0 radical (unpaired) electrons. The first kappa shape index (κ1) is 18.6. The number of sulfonamides is 1. The molecule has 2 aromatic rings. The minimum absolute atomic E-state index is 0.136. The predicted octanol–water partition coefficient (Wildman–Crippen LogP) is 0.549. The van der Waals surface area contributed by atoms with E-state index in [9.17, 15) is 8.42 Å². The highest BCUT2D eigenvalue weighted by molar-refractivity contribution is 7.89. The maximum atomic E-state index is 12.3. The van der Waals surface area contributed by atoms with E-state index in [1.807, 2.05) is 6.07 Å². The van der Waals surface area contributed by atoms with Crippen LogP contribution in [0.4, 0.5) is 11.6 Å². The normalized spacial score (nSPS) is 15.9. The Morgan fingerprint density at radius 2 is 1.73 bits per heavy atom. The zero-order valence-electron chi connectivity index (χ0n) is 14.6. The Labute approximate surface area is 154 Å². The average molecular weight is 376 g/mol. The molecule has 0 aliphatic carbocycles. The van der Waals surface area contributed by atoms with Gasteiger partial charge in [0.05, 0.1) is 5.69 Å². The summed E-state index contributed by atoms with van der Waals surface area (Å²) in [6.07, 6.45) is 4.24. The molecule has 0 amide bonds. The number of nitrogens with two attached hydrogens (primary N) is 1. The van der Waals surface area contributed by atoms with Crippen LogP contribution in [0.2, 0.25) is 0 Å². The van der Waals surface area contributed by atoms with Crippen molar-refractivity contribution in [3.63, 3.8) is 0 Å². The van der Waals surface area contributed by atoms with Crippen molar-refractivity contribution in [1.29, 1.82) is 0 Å². The lowest BCUT2D eigenvalue weighted by Crippen LogP contribution is -2.47. The molecule has 0 saturated carbocycles. The van der Waals surface area contributed by atoms with Gasteiger partial charge in [0.15, 0.2) is 0 Å². The summed E-state index contributed by atoms with van der Waals surface area (Å²) >= 11 is 0. The summed E-state index contributed by atoms with van der Waals surface area (Å²) in [5, 5.41) is 0. The van der Waals surface area contributed by atoms with Gasteiger partial charge < -0.3 is 10.6 Å². The molecule has 3 rings (SSSR count). The molecule has 0 bridgehead atoms. The molecule has 0 atom stereocenters. The van der Waals surface area contributed by atoms with Gasteiger partial charge in [-0.25, -0.2) is 23.1 Å². The van der Waals surface area contributed by atoms with Gasteiger partial charge in [-0.2, -0.15) is 0 Å². The highest BCUT2D eigenvalue weighted by atomic mass is 32.2. The smallest absolute Gasteiger partial charge is 0.242 e. The lowest BCUT2D eigenvalue weighted by atomic mass is 10.3. The Morgan fingerprint density at radius 1 is 1.04 bits per heavy atom. The van der Waals surface area contributed by atoms with E-state index in [4.69, 9.17) is 5.73 Å². The van der Waals surface area contributed by atoms with E-state index in [0.717, 1.165) is 45.1 Å². The van der Waals surface area contributed by atoms with Crippen molar-refractivity contribution in [3.8, 4) is 0 Å². The molecule has 2 heterocycles. The van der Waals surface area contributed by atoms with E-state index in [1.54, 1.807) is 30.6 Å².